The summed E-state index contributed by atoms with van der Waals surface area (Å²) in [5, 5.41) is 10.5. The molecule has 1 N–H and O–H groups in total. The molecule has 5 heteroatoms. The average molecular weight is 241 g/mol. The van der Waals surface area contributed by atoms with Crippen molar-refractivity contribution in [2.45, 2.75) is 32.6 Å². The Balaban J connectivity index is 2.04. The van der Waals surface area contributed by atoms with Crippen LogP contribution in [0, 0.1) is 17.8 Å². The molecule has 0 aromatic rings. The first-order valence-corrected chi connectivity index (χ1v) is 6.26. The van der Waals surface area contributed by atoms with Gasteiger partial charge in [0, 0.05) is 6.54 Å². The highest BCUT2D eigenvalue weighted by Gasteiger charge is 2.43. The van der Waals surface area contributed by atoms with Crippen LogP contribution < -0.4 is 0 Å². The van der Waals surface area contributed by atoms with Crippen molar-refractivity contribution >= 4 is 11.9 Å². The van der Waals surface area contributed by atoms with Crippen LogP contribution in [0.2, 0.25) is 0 Å². The Morgan fingerprint density at radius 3 is 2.53 bits per heavy atom. The molecular formula is C12H19NO4. The van der Waals surface area contributed by atoms with Crippen molar-refractivity contribution < 1.29 is 19.5 Å². The summed E-state index contributed by atoms with van der Waals surface area (Å²) in [5.41, 5.74) is 0. The molecule has 1 saturated carbocycles. The monoisotopic (exact) mass is 241 g/mol. The van der Waals surface area contributed by atoms with Crippen molar-refractivity contribution in [2.75, 3.05) is 13.2 Å². The number of carboxylic acid groups (broad SMARTS) is 1. The van der Waals surface area contributed by atoms with Gasteiger partial charge in [0.05, 0.1) is 18.4 Å². The van der Waals surface area contributed by atoms with E-state index in [-0.39, 0.29) is 5.91 Å². The summed E-state index contributed by atoms with van der Waals surface area (Å²) in [6.45, 7) is 3.15. The lowest BCUT2D eigenvalue weighted by molar-refractivity contribution is -0.203. The lowest BCUT2D eigenvalue weighted by Crippen LogP contribution is -2.41. The van der Waals surface area contributed by atoms with Crippen LogP contribution in [0.15, 0.2) is 0 Å². The van der Waals surface area contributed by atoms with E-state index in [1.807, 2.05) is 6.92 Å². The number of hydrogen-bond acceptors (Lipinski definition) is 3. The van der Waals surface area contributed by atoms with Crippen molar-refractivity contribution in [3.05, 3.63) is 0 Å². The van der Waals surface area contributed by atoms with Crippen molar-refractivity contribution in [1.82, 2.24) is 5.06 Å². The molecule has 2 fully saturated rings. The van der Waals surface area contributed by atoms with E-state index in [0.717, 1.165) is 12.8 Å². The molecule has 2 aliphatic rings. The maximum absolute atomic E-state index is 12.2. The fourth-order valence-electron chi connectivity index (χ4n) is 2.79. The van der Waals surface area contributed by atoms with Gasteiger partial charge in [-0.1, -0.05) is 6.92 Å². The third kappa shape index (κ3) is 2.60. The number of amides is 1. The highest BCUT2D eigenvalue weighted by Crippen LogP contribution is 2.37. The predicted octanol–water partition coefficient (Wildman–Crippen LogP) is 1.29. The Morgan fingerprint density at radius 1 is 1.24 bits per heavy atom. The first-order chi connectivity index (χ1) is 8.09. The van der Waals surface area contributed by atoms with Crippen LogP contribution in [-0.4, -0.2) is 35.2 Å². The topological polar surface area (TPSA) is 66.8 Å². The molecule has 3 atom stereocenters. The second kappa shape index (κ2) is 5.04. The maximum Gasteiger partial charge on any atom is 0.307 e. The van der Waals surface area contributed by atoms with Gasteiger partial charge in [-0.15, -0.1) is 0 Å². The van der Waals surface area contributed by atoms with Gasteiger partial charge in [-0.3, -0.25) is 14.4 Å². The van der Waals surface area contributed by atoms with Crippen molar-refractivity contribution in [2.24, 2.45) is 17.8 Å². The minimum absolute atomic E-state index is 0.138. The summed E-state index contributed by atoms with van der Waals surface area (Å²) in [5.74, 6) is -1.63. The van der Waals surface area contributed by atoms with E-state index in [9.17, 15) is 9.59 Å². The normalized spacial score (nSPS) is 33.7. The number of carbonyl (C=O) groups excluding carboxylic acids is 1. The smallest absolute Gasteiger partial charge is 0.307 e. The number of carboxylic acids is 1. The largest absolute Gasteiger partial charge is 0.481 e. The minimum Gasteiger partial charge on any atom is -0.481 e. The summed E-state index contributed by atoms with van der Waals surface area (Å²) in [6, 6.07) is 0. The molecule has 96 valence electrons. The molecule has 5 nitrogen and oxygen atoms in total. The first kappa shape index (κ1) is 12.4. The number of hydrogen-bond donors (Lipinski definition) is 1. The van der Waals surface area contributed by atoms with Gasteiger partial charge in [-0.05, 0) is 31.6 Å². The molecule has 0 radical (unpaired) electrons. The highest BCUT2D eigenvalue weighted by molar-refractivity contribution is 5.84. The van der Waals surface area contributed by atoms with E-state index < -0.39 is 17.8 Å². The van der Waals surface area contributed by atoms with Crippen LogP contribution in [0.5, 0.6) is 0 Å². The van der Waals surface area contributed by atoms with E-state index in [2.05, 4.69) is 0 Å². The maximum atomic E-state index is 12.2. The van der Waals surface area contributed by atoms with E-state index in [4.69, 9.17) is 9.94 Å². The van der Waals surface area contributed by atoms with E-state index in [1.54, 1.807) is 0 Å². The summed E-state index contributed by atoms with van der Waals surface area (Å²) in [6.07, 6.45) is 3.16. The van der Waals surface area contributed by atoms with Crippen LogP contribution in [0.1, 0.15) is 32.6 Å². The van der Waals surface area contributed by atoms with Crippen LogP contribution in [0.3, 0.4) is 0 Å². The van der Waals surface area contributed by atoms with Gasteiger partial charge in [0.2, 0.25) is 5.91 Å². The Hall–Kier alpha value is -1.10. The molecule has 1 heterocycles. The van der Waals surface area contributed by atoms with Crippen LogP contribution in [0.25, 0.3) is 0 Å². The molecule has 2 rings (SSSR count). The second-order valence-corrected chi connectivity index (χ2v) is 5.11. The number of hydroxylamine groups is 2. The highest BCUT2D eigenvalue weighted by atomic mass is 16.7. The summed E-state index contributed by atoms with van der Waals surface area (Å²) < 4.78 is 0. The van der Waals surface area contributed by atoms with Crippen LogP contribution in [-0.2, 0) is 14.4 Å². The molecule has 1 amide bonds. The first-order valence-electron chi connectivity index (χ1n) is 6.26. The standard InChI is InChI=1S/C12H19NO4/c1-8-6-9(10(7-8)12(15)16)11(14)13-4-2-3-5-17-13/h8-10H,2-7H2,1H3,(H,15,16). The second-order valence-electron chi connectivity index (χ2n) is 5.11. The molecule has 3 unspecified atom stereocenters. The van der Waals surface area contributed by atoms with Gasteiger partial charge in [-0.25, -0.2) is 5.06 Å². The molecule has 1 aliphatic carbocycles. The van der Waals surface area contributed by atoms with Crippen LogP contribution >= 0.6 is 0 Å². The molecule has 1 aliphatic heterocycles. The van der Waals surface area contributed by atoms with Gasteiger partial charge in [0.1, 0.15) is 0 Å². The Labute approximate surface area is 101 Å². The quantitative estimate of drug-likeness (QED) is 0.791. The number of aliphatic carboxylic acids is 1. The van der Waals surface area contributed by atoms with E-state index >= 15 is 0 Å². The Bertz CT molecular complexity index is 312. The average Bonchev–Trinajstić information content (AvgIpc) is 2.72. The van der Waals surface area contributed by atoms with E-state index in [0.29, 0.717) is 31.9 Å². The SMILES string of the molecule is CC1CC(C(=O)O)C(C(=O)N2CCCCO2)C1. The number of rotatable bonds is 2. The van der Waals surface area contributed by atoms with Gasteiger partial charge < -0.3 is 5.11 Å². The minimum atomic E-state index is -0.857. The molecule has 1 saturated heterocycles. The lowest BCUT2D eigenvalue weighted by atomic mass is 9.95. The summed E-state index contributed by atoms with van der Waals surface area (Å²) in [7, 11) is 0. The number of nitrogens with zero attached hydrogens (tertiary/aromatic N) is 1. The number of carbonyl (C=O) groups is 2. The van der Waals surface area contributed by atoms with Gasteiger partial charge in [0.15, 0.2) is 0 Å². The predicted molar refractivity (Wildman–Crippen MR) is 59.9 cm³/mol. The zero-order chi connectivity index (χ0) is 12.4. The van der Waals surface area contributed by atoms with Gasteiger partial charge >= 0.3 is 5.97 Å². The van der Waals surface area contributed by atoms with Crippen LogP contribution in [0.4, 0.5) is 0 Å². The Kier molecular flexibility index (Phi) is 3.66. The molecule has 0 spiro atoms. The van der Waals surface area contributed by atoms with Crippen molar-refractivity contribution in [3.63, 3.8) is 0 Å². The van der Waals surface area contributed by atoms with Gasteiger partial charge in [-0.2, -0.15) is 0 Å². The lowest BCUT2D eigenvalue weighted by Gasteiger charge is -2.29. The van der Waals surface area contributed by atoms with E-state index in [1.165, 1.54) is 5.06 Å². The fraction of sp³-hybridized carbons (Fsp3) is 0.833. The molecular weight excluding hydrogens is 222 g/mol. The fourth-order valence-corrected chi connectivity index (χ4v) is 2.79. The molecule has 0 aromatic carbocycles. The third-order valence-electron chi connectivity index (χ3n) is 3.68. The molecule has 0 bridgehead atoms. The Morgan fingerprint density at radius 2 is 1.94 bits per heavy atom. The summed E-state index contributed by atoms with van der Waals surface area (Å²) >= 11 is 0. The van der Waals surface area contributed by atoms with Crippen molar-refractivity contribution in [1.29, 1.82) is 0 Å². The zero-order valence-electron chi connectivity index (χ0n) is 10.1. The molecule has 17 heavy (non-hydrogen) atoms. The van der Waals surface area contributed by atoms with Gasteiger partial charge in [0.25, 0.3) is 0 Å². The van der Waals surface area contributed by atoms with Crippen molar-refractivity contribution in [3.8, 4) is 0 Å². The summed E-state index contributed by atoms with van der Waals surface area (Å²) in [4.78, 5) is 28.6. The molecule has 0 aromatic heterocycles. The zero-order valence-corrected chi connectivity index (χ0v) is 10.1. The third-order valence-corrected chi connectivity index (χ3v) is 3.68.